The van der Waals surface area contributed by atoms with Crippen molar-refractivity contribution >= 4 is 23.3 Å². The Morgan fingerprint density at radius 1 is 1.28 bits per heavy atom. The summed E-state index contributed by atoms with van der Waals surface area (Å²) in [6.45, 7) is 0.517. The number of aromatic nitrogens is 1. The Morgan fingerprint density at radius 2 is 2.00 bits per heavy atom. The van der Waals surface area contributed by atoms with Gasteiger partial charge in [0.1, 0.15) is 5.56 Å². The molecule has 4 nitrogen and oxygen atoms in total. The Morgan fingerprint density at radius 3 is 2.67 bits per heavy atom. The molecule has 0 atom stereocenters. The molecule has 2 rings (SSSR count). The van der Waals surface area contributed by atoms with E-state index in [1.54, 1.807) is 30.6 Å². The van der Waals surface area contributed by atoms with Gasteiger partial charge >= 0.3 is 5.97 Å². The second-order valence-electron chi connectivity index (χ2n) is 3.68. The molecule has 2 aromatic rings. The summed E-state index contributed by atoms with van der Waals surface area (Å²) in [6, 6.07) is 8.68. The quantitative estimate of drug-likeness (QED) is 0.889. The molecule has 0 saturated carbocycles. The van der Waals surface area contributed by atoms with E-state index in [0.717, 1.165) is 5.56 Å². The molecule has 0 bridgehead atoms. The minimum atomic E-state index is -1.04. The molecule has 1 aromatic heterocycles. The van der Waals surface area contributed by atoms with Crippen molar-refractivity contribution in [3.05, 3.63) is 58.9 Å². The third-order valence-electron chi connectivity index (χ3n) is 2.46. The van der Waals surface area contributed by atoms with Gasteiger partial charge < -0.3 is 10.4 Å². The highest BCUT2D eigenvalue weighted by Crippen LogP contribution is 2.24. The van der Waals surface area contributed by atoms with E-state index < -0.39 is 5.97 Å². The number of rotatable bonds is 4. The maximum atomic E-state index is 11.1. The Balaban J connectivity index is 2.20. The summed E-state index contributed by atoms with van der Waals surface area (Å²) in [5, 5.41) is 12.4. The van der Waals surface area contributed by atoms with E-state index in [2.05, 4.69) is 10.3 Å². The van der Waals surface area contributed by atoms with Crippen LogP contribution in [0.4, 0.5) is 5.69 Å². The number of nitrogens with zero attached hydrogens (tertiary/aromatic N) is 1. The molecule has 0 amide bonds. The number of nitrogens with one attached hydrogen (secondary N) is 1. The van der Waals surface area contributed by atoms with Crippen molar-refractivity contribution in [2.45, 2.75) is 6.54 Å². The summed E-state index contributed by atoms with van der Waals surface area (Å²) in [6.07, 6.45) is 3.38. The third-order valence-corrected chi connectivity index (χ3v) is 2.77. The van der Waals surface area contributed by atoms with Crippen molar-refractivity contribution in [1.82, 2.24) is 4.98 Å². The van der Waals surface area contributed by atoms with Crippen LogP contribution < -0.4 is 5.32 Å². The van der Waals surface area contributed by atoms with Gasteiger partial charge in [-0.05, 0) is 29.8 Å². The van der Waals surface area contributed by atoms with Crippen LogP contribution in [0, 0.1) is 0 Å². The monoisotopic (exact) mass is 262 g/mol. The lowest BCUT2D eigenvalue weighted by atomic mass is 10.1. The molecule has 0 saturated heterocycles. The molecule has 5 heteroatoms. The molecule has 0 radical (unpaired) electrons. The van der Waals surface area contributed by atoms with Crippen LogP contribution in [0.15, 0.2) is 42.7 Å². The van der Waals surface area contributed by atoms with Gasteiger partial charge in [-0.2, -0.15) is 0 Å². The van der Waals surface area contributed by atoms with Crippen LogP contribution in [0.25, 0.3) is 0 Å². The second-order valence-corrected chi connectivity index (χ2v) is 4.08. The van der Waals surface area contributed by atoms with E-state index in [9.17, 15) is 4.79 Å². The number of carbonyl (C=O) groups is 1. The van der Waals surface area contributed by atoms with Crippen LogP contribution in [0.2, 0.25) is 5.02 Å². The SMILES string of the molecule is O=C(O)c1c(Cl)cccc1NCc1ccncc1. The van der Waals surface area contributed by atoms with Gasteiger partial charge in [0.15, 0.2) is 0 Å². The number of pyridine rings is 1. The normalized spacial score (nSPS) is 10.1. The number of carboxylic acids is 1. The maximum absolute atomic E-state index is 11.1. The minimum Gasteiger partial charge on any atom is -0.478 e. The molecule has 1 heterocycles. The van der Waals surface area contributed by atoms with Gasteiger partial charge in [0.2, 0.25) is 0 Å². The number of anilines is 1. The summed E-state index contributed by atoms with van der Waals surface area (Å²) in [5.74, 6) is -1.04. The zero-order valence-electron chi connectivity index (χ0n) is 9.43. The zero-order valence-corrected chi connectivity index (χ0v) is 10.2. The van der Waals surface area contributed by atoms with E-state index in [0.29, 0.717) is 12.2 Å². The fourth-order valence-electron chi connectivity index (χ4n) is 1.59. The fourth-order valence-corrected chi connectivity index (χ4v) is 1.84. The van der Waals surface area contributed by atoms with E-state index in [-0.39, 0.29) is 10.6 Å². The standard InChI is InChI=1S/C13H11ClN2O2/c14-10-2-1-3-11(12(10)13(17)18)16-8-9-4-6-15-7-5-9/h1-7,16H,8H2,(H,17,18). The molecule has 0 unspecified atom stereocenters. The van der Waals surface area contributed by atoms with Crippen LogP contribution in [0.5, 0.6) is 0 Å². The first-order valence-electron chi connectivity index (χ1n) is 5.33. The number of aromatic carboxylic acids is 1. The van der Waals surface area contributed by atoms with Crippen LogP contribution in [-0.2, 0) is 6.54 Å². The van der Waals surface area contributed by atoms with E-state index in [4.69, 9.17) is 16.7 Å². The largest absolute Gasteiger partial charge is 0.478 e. The van der Waals surface area contributed by atoms with Crippen LogP contribution in [0.1, 0.15) is 15.9 Å². The molecule has 0 aliphatic rings. The van der Waals surface area contributed by atoms with E-state index in [1.807, 2.05) is 12.1 Å². The summed E-state index contributed by atoms with van der Waals surface area (Å²) >= 11 is 5.88. The van der Waals surface area contributed by atoms with Gasteiger partial charge in [-0.1, -0.05) is 17.7 Å². The van der Waals surface area contributed by atoms with Crippen LogP contribution >= 0.6 is 11.6 Å². The summed E-state index contributed by atoms with van der Waals surface area (Å²) in [5.41, 5.74) is 1.61. The Hall–Kier alpha value is -2.07. The molecule has 0 aliphatic carbocycles. The topological polar surface area (TPSA) is 62.2 Å². The van der Waals surface area contributed by atoms with Crippen LogP contribution in [0.3, 0.4) is 0 Å². The average molecular weight is 263 g/mol. The first-order chi connectivity index (χ1) is 8.68. The first-order valence-corrected chi connectivity index (χ1v) is 5.71. The summed E-state index contributed by atoms with van der Waals surface area (Å²) < 4.78 is 0. The minimum absolute atomic E-state index is 0.0909. The van der Waals surface area contributed by atoms with Gasteiger partial charge in [0.05, 0.1) is 10.7 Å². The van der Waals surface area contributed by atoms with Crippen molar-refractivity contribution < 1.29 is 9.90 Å². The molecule has 0 fully saturated rings. The van der Waals surface area contributed by atoms with Gasteiger partial charge in [-0.3, -0.25) is 4.98 Å². The highest BCUT2D eigenvalue weighted by Gasteiger charge is 2.13. The number of carboxylic acid groups (broad SMARTS) is 1. The molecular formula is C13H11ClN2O2. The summed E-state index contributed by atoms with van der Waals surface area (Å²) in [4.78, 5) is 15.0. The Bertz CT molecular complexity index is 558. The molecule has 92 valence electrons. The number of halogens is 1. The molecule has 0 spiro atoms. The van der Waals surface area contributed by atoms with Gasteiger partial charge in [-0.25, -0.2) is 4.79 Å². The molecular weight excluding hydrogens is 252 g/mol. The predicted molar refractivity (Wildman–Crippen MR) is 70.0 cm³/mol. The highest BCUT2D eigenvalue weighted by atomic mass is 35.5. The van der Waals surface area contributed by atoms with Crippen molar-refractivity contribution in [3.8, 4) is 0 Å². The lowest BCUT2D eigenvalue weighted by Gasteiger charge is -2.10. The lowest BCUT2D eigenvalue weighted by Crippen LogP contribution is -2.07. The predicted octanol–water partition coefficient (Wildman–Crippen LogP) is 3.05. The Labute approximate surface area is 109 Å². The van der Waals surface area contributed by atoms with E-state index >= 15 is 0 Å². The molecule has 1 aromatic carbocycles. The molecule has 0 aliphatic heterocycles. The van der Waals surface area contributed by atoms with Crippen molar-refractivity contribution in [3.63, 3.8) is 0 Å². The number of hydrogen-bond acceptors (Lipinski definition) is 3. The first kappa shape index (κ1) is 12.4. The summed E-state index contributed by atoms with van der Waals surface area (Å²) in [7, 11) is 0. The number of hydrogen-bond donors (Lipinski definition) is 2. The second kappa shape index (κ2) is 5.51. The molecule has 18 heavy (non-hydrogen) atoms. The fraction of sp³-hybridized carbons (Fsp3) is 0.0769. The van der Waals surface area contributed by atoms with Crippen LogP contribution in [-0.4, -0.2) is 16.1 Å². The lowest BCUT2D eigenvalue weighted by molar-refractivity contribution is 0.0698. The Kier molecular flexibility index (Phi) is 3.79. The number of benzene rings is 1. The van der Waals surface area contributed by atoms with Gasteiger partial charge in [0.25, 0.3) is 0 Å². The maximum Gasteiger partial charge on any atom is 0.339 e. The highest BCUT2D eigenvalue weighted by molar-refractivity contribution is 6.34. The van der Waals surface area contributed by atoms with E-state index in [1.165, 1.54) is 0 Å². The van der Waals surface area contributed by atoms with Gasteiger partial charge in [0, 0.05) is 18.9 Å². The smallest absolute Gasteiger partial charge is 0.339 e. The zero-order chi connectivity index (χ0) is 13.0. The van der Waals surface area contributed by atoms with Crippen molar-refractivity contribution in [1.29, 1.82) is 0 Å². The third kappa shape index (κ3) is 2.78. The van der Waals surface area contributed by atoms with Gasteiger partial charge in [-0.15, -0.1) is 0 Å². The molecule has 2 N–H and O–H groups in total. The van der Waals surface area contributed by atoms with Crippen molar-refractivity contribution in [2.75, 3.05) is 5.32 Å². The van der Waals surface area contributed by atoms with Crippen molar-refractivity contribution in [2.24, 2.45) is 0 Å². The average Bonchev–Trinajstić information content (AvgIpc) is 2.37.